The van der Waals surface area contributed by atoms with Gasteiger partial charge < -0.3 is 9.47 Å². The van der Waals surface area contributed by atoms with Crippen LogP contribution in [0.15, 0.2) is 41.5 Å². The minimum Gasteiger partial charge on any atom is -0.454 e. The zero-order valence-electron chi connectivity index (χ0n) is 13.7. The van der Waals surface area contributed by atoms with Crippen molar-refractivity contribution >= 4 is 23.5 Å². The Morgan fingerprint density at radius 2 is 1.78 bits per heavy atom. The number of hydrazone groups is 1. The van der Waals surface area contributed by atoms with Gasteiger partial charge in [-0.15, -0.1) is 0 Å². The first kappa shape index (κ1) is 17.8. The van der Waals surface area contributed by atoms with Crippen LogP contribution in [0.2, 0.25) is 0 Å². The molecule has 0 aromatic heterocycles. The molecule has 11 nitrogen and oxygen atoms in total. The van der Waals surface area contributed by atoms with Crippen molar-refractivity contribution in [3.05, 3.63) is 67.8 Å². The van der Waals surface area contributed by atoms with Crippen LogP contribution in [0.4, 0.5) is 11.4 Å². The molecular weight excluding hydrogens is 360 g/mol. The SMILES string of the molecule is O=C(Cc1ccccc1[N+](=O)[O-])NN=Cc1cc2c(cc1[N+](=O)[O-])OCO2. The molecule has 0 radical (unpaired) electrons. The fourth-order valence-electron chi connectivity index (χ4n) is 2.43. The first-order valence-corrected chi connectivity index (χ1v) is 7.58. The summed E-state index contributed by atoms with van der Waals surface area (Å²) in [6.45, 7) is -0.0420. The summed E-state index contributed by atoms with van der Waals surface area (Å²) in [7, 11) is 0. The molecule has 138 valence electrons. The summed E-state index contributed by atoms with van der Waals surface area (Å²) in [6, 6.07) is 8.41. The lowest BCUT2D eigenvalue weighted by molar-refractivity contribution is -0.385. The van der Waals surface area contributed by atoms with E-state index in [-0.39, 0.29) is 41.5 Å². The van der Waals surface area contributed by atoms with Gasteiger partial charge in [0.1, 0.15) is 0 Å². The Morgan fingerprint density at radius 1 is 1.11 bits per heavy atom. The molecule has 0 spiro atoms. The van der Waals surface area contributed by atoms with E-state index in [1.807, 2.05) is 0 Å². The number of nitro benzene ring substituents is 2. The van der Waals surface area contributed by atoms with Crippen LogP contribution >= 0.6 is 0 Å². The Kier molecular flexibility index (Phi) is 4.92. The number of hydrogen-bond acceptors (Lipinski definition) is 8. The van der Waals surface area contributed by atoms with E-state index < -0.39 is 15.8 Å². The standard InChI is InChI=1S/C16H12N4O7/c21-16(6-10-3-1-2-4-12(10)19(22)23)18-17-8-11-5-14-15(27-9-26-14)7-13(11)20(24)25/h1-5,7-8H,6,9H2,(H,18,21). The number of rotatable bonds is 6. The van der Waals surface area contributed by atoms with Gasteiger partial charge in [0.05, 0.1) is 34.1 Å². The first-order valence-electron chi connectivity index (χ1n) is 7.58. The molecule has 0 aliphatic carbocycles. The maximum atomic E-state index is 12.0. The zero-order chi connectivity index (χ0) is 19.4. The number of carbonyl (C=O) groups excluding carboxylic acids is 1. The highest BCUT2D eigenvalue weighted by Crippen LogP contribution is 2.37. The second-order valence-corrected chi connectivity index (χ2v) is 5.38. The highest BCUT2D eigenvalue weighted by Gasteiger charge is 2.22. The Bertz CT molecular complexity index is 958. The van der Waals surface area contributed by atoms with Crippen molar-refractivity contribution in [1.82, 2.24) is 5.43 Å². The predicted octanol–water partition coefficient (Wildman–Crippen LogP) is 1.92. The van der Waals surface area contributed by atoms with Gasteiger partial charge in [-0.25, -0.2) is 5.43 Å². The molecule has 0 saturated carbocycles. The second-order valence-electron chi connectivity index (χ2n) is 5.38. The molecule has 1 heterocycles. The number of nitrogens with one attached hydrogen (secondary N) is 1. The molecule has 2 aromatic carbocycles. The summed E-state index contributed by atoms with van der Waals surface area (Å²) < 4.78 is 10.2. The zero-order valence-corrected chi connectivity index (χ0v) is 13.7. The van der Waals surface area contributed by atoms with Gasteiger partial charge in [0.25, 0.3) is 11.4 Å². The van der Waals surface area contributed by atoms with E-state index in [0.717, 1.165) is 6.21 Å². The van der Waals surface area contributed by atoms with Gasteiger partial charge in [-0.3, -0.25) is 25.0 Å². The monoisotopic (exact) mass is 372 g/mol. The van der Waals surface area contributed by atoms with Crippen LogP contribution in [0, 0.1) is 20.2 Å². The molecule has 2 aromatic rings. The van der Waals surface area contributed by atoms with Crippen LogP contribution in [0.5, 0.6) is 11.5 Å². The first-order chi connectivity index (χ1) is 13.0. The van der Waals surface area contributed by atoms with E-state index in [1.165, 1.54) is 30.3 Å². The maximum Gasteiger partial charge on any atom is 0.282 e. The Morgan fingerprint density at radius 3 is 2.48 bits per heavy atom. The van der Waals surface area contributed by atoms with E-state index in [4.69, 9.17) is 9.47 Å². The van der Waals surface area contributed by atoms with Gasteiger partial charge in [-0.2, -0.15) is 5.10 Å². The molecule has 11 heteroatoms. The maximum absolute atomic E-state index is 12.0. The number of para-hydroxylation sites is 1. The van der Waals surface area contributed by atoms with Crippen LogP contribution in [-0.2, 0) is 11.2 Å². The number of nitrogens with zero attached hydrogens (tertiary/aromatic N) is 3. The van der Waals surface area contributed by atoms with Crippen molar-refractivity contribution in [3.8, 4) is 11.5 Å². The van der Waals surface area contributed by atoms with Gasteiger partial charge in [0, 0.05) is 11.6 Å². The van der Waals surface area contributed by atoms with Gasteiger partial charge in [-0.1, -0.05) is 18.2 Å². The fraction of sp³-hybridized carbons (Fsp3) is 0.125. The van der Waals surface area contributed by atoms with Crippen molar-refractivity contribution in [2.24, 2.45) is 5.10 Å². The molecule has 0 bridgehead atoms. The average molecular weight is 372 g/mol. The van der Waals surface area contributed by atoms with E-state index in [9.17, 15) is 25.0 Å². The van der Waals surface area contributed by atoms with Crippen molar-refractivity contribution in [2.75, 3.05) is 6.79 Å². The Hall–Kier alpha value is -4.02. The van der Waals surface area contributed by atoms with E-state index >= 15 is 0 Å². The minimum atomic E-state index is -0.613. The van der Waals surface area contributed by atoms with Crippen molar-refractivity contribution in [2.45, 2.75) is 6.42 Å². The van der Waals surface area contributed by atoms with Gasteiger partial charge >= 0.3 is 0 Å². The van der Waals surface area contributed by atoms with E-state index in [1.54, 1.807) is 6.07 Å². The molecule has 0 saturated heterocycles. The Balaban J connectivity index is 1.72. The average Bonchev–Trinajstić information content (AvgIpc) is 3.08. The van der Waals surface area contributed by atoms with Crippen LogP contribution in [-0.4, -0.2) is 28.8 Å². The number of hydrogen-bond donors (Lipinski definition) is 1. The molecule has 0 fully saturated rings. The topological polar surface area (TPSA) is 146 Å². The van der Waals surface area contributed by atoms with Crippen molar-refractivity contribution in [1.29, 1.82) is 0 Å². The smallest absolute Gasteiger partial charge is 0.282 e. The summed E-state index contributed by atoms with van der Waals surface area (Å²) in [5.41, 5.74) is 2.08. The lowest BCUT2D eigenvalue weighted by Crippen LogP contribution is -2.20. The van der Waals surface area contributed by atoms with Crippen molar-refractivity contribution in [3.63, 3.8) is 0 Å². The molecule has 1 aliphatic heterocycles. The quantitative estimate of drug-likeness (QED) is 0.463. The Labute approximate surface area is 151 Å². The van der Waals surface area contributed by atoms with Gasteiger partial charge in [0.2, 0.25) is 12.7 Å². The number of ether oxygens (including phenoxy) is 2. The fourth-order valence-corrected chi connectivity index (χ4v) is 2.43. The molecule has 3 rings (SSSR count). The second kappa shape index (κ2) is 7.47. The minimum absolute atomic E-state index is 0.0420. The molecule has 0 atom stereocenters. The third-order valence-corrected chi connectivity index (χ3v) is 3.65. The number of nitro groups is 2. The summed E-state index contributed by atoms with van der Waals surface area (Å²) in [6.07, 6.45) is 0.828. The predicted molar refractivity (Wildman–Crippen MR) is 91.8 cm³/mol. The molecule has 1 aliphatic rings. The number of amides is 1. The van der Waals surface area contributed by atoms with Crippen molar-refractivity contribution < 1.29 is 24.1 Å². The van der Waals surface area contributed by atoms with Crippen LogP contribution in [0.1, 0.15) is 11.1 Å². The summed E-state index contributed by atoms with van der Waals surface area (Å²) >= 11 is 0. The summed E-state index contributed by atoms with van der Waals surface area (Å²) in [5, 5.41) is 25.8. The summed E-state index contributed by atoms with van der Waals surface area (Å²) in [5.74, 6) is -0.0310. The highest BCUT2D eigenvalue weighted by atomic mass is 16.7. The highest BCUT2D eigenvalue weighted by molar-refractivity contribution is 5.88. The third kappa shape index (κ3) is 3.98. The van der Waals surface area contributed by atoms with Crippen LogP contribution in [0.25, 0.3) is 0 Å². The molecule has 1 amide bonds. The van der Waals surface area contributed by atoms with E-state index in [2.05, 4.69) is 10.5 Å². The molecule has 27 heavy (non-hydrogen) atoms. The molecule has 0 unspecified atom stereocenters. The lowest BCUT2D eigenvalue weighted by Gasteiger charge is -2.02. The lowest BCUT2D eigenvalue weighted by atomic mass is 10.1. The number of carbonyl (C=O) groups is 1. The van der Waals surface area contributed by atoms with E-state index in [0.29, 0.717) is 5.75 Å². The molecular formula is C16H12N4O7. The summed E-state index contributed by atoms with van der Waals surface area (Å²) in [4.78, 5) is 32.9. The number of benzene rings is 2. The van der Waals surface area contributed by atoms with Gasteiger partial charge in [-0.05, 0) is 6.07 Å². The molecule has 1 N–H and O–H groups in total. The largest absolute Gasteiger partial charge is 0.454 e. The third-order valence-electron chi connectivity index (χ3n) is 3.65. The van der Waals surface area contributed by atoms with Crippen LogP contribution in [0.3, 0.4) is 0 Å². The van der Waals surface area contributed by atoms with Gasteiger partial charge in [0.15, 0.2) is 11.5 Å². The number of fused-ring (bicyclic) bond motifs is 1. The normalized spacial score (nSPS) is 12.1. The van der Waals surface area contributed by atoms with Crippen LogP contribution < -0.4 is 14.9 Å².